The number of nitrogens with one attached hydrogen (secondary N) is 1. The Kier molecular flexibility index (Phi) is 7.52. The number of imidazole rings is 1. The zero-order valence-corrected chi connectivity index (χ0v) is 10.7. The Labute approximate surface area is 106 Å². The van der Waals surface area contributed by atoms with E-state index in [0.29, 0.717) is 19.0 Å². The minimum Gasteiger partial charge on any atom is -0.381 e. The van der Waals surface area contributed by atoms with Crippen molar-refractivity contribution >= 4 is 0 Å². The van der Waals surface area contributed by atoms with Gasteiger partial charge in [-0.15, -0.1) is 0 Å². The fraction of sp³-hybridized carbons (Fsp3) is 0.750. The lowest BCUT2D eigenvalue weighted by atomic mass is 10.3. The molecule has 0 saturated heterocycles. The summed E-state index contributed by atoms with van der Waals surface area (Å²) in [6.45, 7) is 2.19. The lowest BCUT2D eigenvalue weighted by Crippen LogP contribution is -2.19. The maximum absolute atomic E-state index is 12.5. The zero-order chi connectivity index (χ0) is 13.2. The summed E-state index contributed by atoms with van der Waals surface area (Å²) in [6.07, 6.45) is 5.76. The first-order chi connectivity index (χ1) is 8.75. The van der Waals surface area contributed by atoms with Crippen molar-refractivity contribution in [3.05, 3.63) is 18.2 Å². The first-order valence-electron chi connectivity index (χ1n) is 6.34. The number of rotatable bonds is 10. The molecule has 0 aliphatic rings. The quantitative estimate of drug-likeness (QED) is 0.658. The van der Waals surface area contributed by atoms with E-state index in [9.17, 15) is 8.78 Å². The predicted octanol–water partition coefficient (Wildman–Crippen LogP) is 2.57. The Balaban J connectivity index is 2.05. The molecule has 1 aromatic heterocycles. The molecule has 6 heteroatoms. The molecule has 1 aromatic rings. The molecule has 0 aromatic carbocycles. The second-order valence-corrected chi connectivity index (χ2v) is 4.02. The number of aromatic nitrogens is 2. The van der Waals surface area contributed by atoms with Crippen LogP contribution in [-0.2, 0) is 11.3 Å². The van der Waals surface area contributed by atoms with Crippen molar-refractivity contribution < 1.29 is 13.5 Å². The van der Waals surface area contributed by atoms with Gasteiger partial charge in [-0.3, -0.25) is 4.57 Å². The van der Waals surface area contributed by atoms with Crippen molar-refractivity contribution in [2.75, 3.05) is 19.8 Å². The number of ether oxygens (including phenoxy) is 1. The van der Waals surface area contributed by atoms with Gasteiger partial charge < -0.3 is 10.1 Å². The van der Waals surface area contributed by atoms with Crippen LogP contribution in [0, 0.1) is 0 Å². The number of hydrogen-bond acceptors (Lipinski definition) is 3. The van der Waals surface area contributed by atoms with Crippen molar-refractivity contribution in [1.82, 2.24) is 14.9 Å². The number of unbranched alkanes of at least 4 members (excludes halogenated alkanes) is 1. The summed E-state index contributed by atoms with van der Waals surface area (Å²) < 4.78 is 31.2. The minimum absolute atomic E-state index is 0.353. The Morgan fingerprint density at radius 1 is 1.39 bits per heavy atom. The van der Waals surface area contributed by atoms with E-state index in [1.54, 1.807) is 0 Å². The van der Waals surface area contributed by atoms with Crippen LogP contribution in [0.4, 0.5) is 8.78 Å². The first-order valence-corrected chi connectivity index (χ1v) is 6.34. The highest BCUT2D eigenvalue weighted by molar-refractivity contribution is 4.92. The molecule has 1 heterocycles. The molecular weight excluding hydrogens is 240 g/mol. The molecule has 0 bridgehead atoms. The van der Waals surface area contributed by atoms with Crippen LogP contribution in [0.25, 0.3) is 0 Å². The van der Waals surface area contributed by atoms with E-state index >= 15 is 0 Å². The van der Waals surface area contributed by atoms with Crippen LogP contribution in [0.2, 0.25) is 0 Å². The summed E-state index contributed by atoms with van der Waals surface area (Å²) in [6, 6.07) is 0. The van der Waals surface area contributed by atoms with E-state index in [0.717, 1.165) is 37.0 Å². The monoisotopic (exact) mass is 261 g/mol. The van der Waals surface area contributed by atoms with E-state index in [1.807, 2.05) is 0 Å². The third-order valence-corrected chi connectivity index (χ3v) is 2.53. The van der Waals surface area contributed by atoms with Crippen LogP contribution in [-0.4, -0.2) is 29.3 Å². The number of nitrogens with zero attached hydrogens (tertiary/aromatic N) is 2. The molecule has 18 heavy (non-hydrogen) atoms. The van der Waals surface area contributed by atoms with E-state index in [1.165, 1.54) is 12.4 Å². The van der Waals surface area contributed by atoms with Gasteiger partial charge in [-0.2, -0.15) is 8.78 Å². The van der Waals surface area contributed by atoms with Crippen LogP contribution in [0.1, 0.15) is 38.6 Å². The van der Waals surface area contributed by atoms with Crippen LogP contribution >= 0.6 is 0 Å². The molecule has 0 saturated carbocycles. The van der Waals surface area contributed by atoms with Crippen LogP contribution < -0.4 is 5.32 Å². The van der Waals surface area contributed by atoms with Gasteiger partial charge in [0.2, 0.25) is 0 Å². The molecule has 0 amide bonds. The van der Waals surface area contributed by atoms with E-state index < -0.39 is 6.55 Å². The summed E-state index contributed by atoms with van der Waals surface area (Å²) in [5.74, 6) is 0.358. The van der Waals surface area contributed by atoms with Crippen LogP contribution in [0.3, 0.4) is 0 Å². The van der Waals surface area contributed by atoms with Gasteiger partial charge in [0.05, 0.1) is 6.54 Å². The Bertz CT molecular complexity index is 318. The van der Waals surface area contributed by atoms with Gasteiger partial charge in [0.1, 0.15) is 5.82 Å². The van der Waals surface area contributed by atoms with E-state index in [2.05, 4.69) is 17.2 Å². The fourth-order valence-electron chi connectivity index (χ4n) is 1.51. The van der Waals surface area contributed by atoms with E-state index in [-0.39, 0.29) is 0 Å². The standard InChI is InChI=1S/C12H21F2N3O/c1-2-3-8-18-9-4-5-15-10-11-16-6-7-17(11)12(13)14/h6-7,12,15H,2-5,8-10H2,1H3. The highest BCUT2D eigenvalue weighted by Gasteiger charge is 2.10. The maximum atomic E-state index is 12.5. The topological polar surface area (TPSA) is 39.1 Å². The third kappa shape index (κ3) is 5.55. The van der Waals surface area contributed by atoms with Crippen molar-refractivity contribution in [3.8, 4) is 0 Å². The summed E-state index contributed by atoms with van der Waals surface area (Å²) in [7, 11) is 0. The molecule has 1 rings (SSSR count). The average molecular weight is 261 g/mol. The number of hydrogen-bond donors (Lipinski definition) is 1. The lowest BCUT2D eigenvalue weighted by molar-refractivity contribution is 0.0665. The first kappa shape index (κ1) is 15.0. The smallest absolute Gasteiger partial charge is 0.319 e. The van der Waals surface area contributed by atoms with E-state index in [4.69, 9.17) is 4.74 Å². The summed E-state index contributed by atoms with van der Waals surface area (Å²) >= 11 is 0. The summed E-state index contributed by atoms with van der Waals surface area (Å²) in [5.41, 5.74) is 0. The SMILES string of the molecule is CCCCOCCCNCc1nccn1C(F)F. The maximum Gasteiger partial charge on any atom is 0.319 e. The molecule has 0 aliphatic carbocycles. The van der Waals surface area contributed by atoms with Crippen molar-refractivity contribution in [1.29, 1.82) is 0 Å². The van der Waals surface area contributed by atoms with Gasteiger partial charge in [-0.25, -0.2) is 4.98 Å². The van der Waals surface area contributed by atoms with Gasteiger partial charge in [0, 0.05) is 25.6 Å². The number of alkyl halides is 2. The molecule has 0 fully saturated rings. The molecule has 1 N–H and O–H groups in total. The largest absolute Gasteiger partial charge is 0.381 e. The predicted molar refractivity (Wildman–Crippen MR) is 65.5 cm³/mol. The van der Waals surface area contributed by atoms with Gasteiger partial charge >= 0.3 is 6.55 Å². The molecule has 0 radical (unpaired) electrons. The number of halogens is 2. The van der Waals surface area contributed by atoms with Crippen LogP contribution in [0.15, 0.2) is 12.4 Å². The summed E-state index contributed by atoms with van der Waals surface area (Å²) in [4.78, 5) is 3.88. The fourth-order valence-corrected chi connectivity index (χ4v) is 1.51. The second-order valence-electron chi connectivity index (χ2n) is 4.02. The van der Waals surface area contributed by atoms with Crippen molar-refractivity contribution in [3.63, 3.8) is 0 Å². The van der Waals surface area contributed by atoms with Gasteiger partial charge in [-0.1, -0.05) is 13.3 Å². The molecule has 0 spiro atoms. The minimum atomic E-state index is -2.53. The highest BCUT2D eigenvalue weighted by atomic mass is 19.3. The van der Waals surface area contributed by atoms with Gasteiger partial charge in [-0.05, 0) is 19.4 Å². The van der Waals surface area contributed by atoms with Gasteiger partial charge in [0.25, 0.3) is 0 Å². The van der Waals surface area contributed by atoms with Crippen molar-refractivity contribution in [2.45, 2.75) is 39.3 Å². The van der Waals surface area contributed by atoms with Crippen molar-refractivity contribution in [2.24, 2.45) is 0 Å². The normalized spacial score (nSPS) is 11.3. The molecule has 0 aliphatic heterocycles. The third-order valence-electron chi connectivity index (χ3n) is 2.53. The van der Waals surface area contributed by atoms with Gasteiger partial charge in [0.15, 0.2) is 0 Å². The lowest BCUT2D eigenvalue weighted by Gasteiger charge is -2.08. The second kappa shape index (κ2) is 8.99. The molecule has 104 valence electrons. The zero-order valence-electron chi connectivity index (χ0n) is 10.7. The molecule has 0 atom stereocenters. The molecule has 0 unspecified atom stereocenters. The Hall–Kier alpha value is -1.01. The summed E-state index contributed by atoms with van der Waals surface area (Å²) in [5, 5.41) is 3.08. The Morgan fingerprint density at radius 2 is 2.17 bits per heavy atom. The molecule has 4 nitrogen and oxygen atoms in total. The van der Waals surface area contributed by atoms with Crippen LogP contribution in [0.5, 0.6) is 0 Å². The average Bonchev–Trinajstić information content (AvgIpc) is 2.81. The molecular formula is C12H21F2N3O. The Morgan fingerprint density at radius 3 is 2.89 bits per heavy atom. The highest BCUT2D eigenvalue weighted by Crippen LogP contribution is 2.11.